The van der Waals surface area contributed by atoms with Crippen molar-refractivity contribution in [3.63, 3.8) is 0 Å². The van der Waals surface area contributed by atoms with Gasteiger partial charge < -0.3 is 24.8 Å². The highest BCUT2D eigenvalue weighted by atomic mass is 127. The molecule has 1 aliphatic heterocycles. The topological polar surface area (TPSA) is 66.3 Å². The van der Waals surface area contributed by atoms with Crippen molar-refractivity contribution in [3.05, 3.63) is 23.8 Å². The molecule has 1 heterocycles. The van der Waals surface area contributed by atoms with Crippen LogP contribution in [0.3, 0.4) is 0 Å². The number of phenolic OH excluding ortho intramolecular Hbond substituents is 1. The first-order chi connectivity index (χ1) is 11.6. The van der Waals surface area contributed by atoms with E-state index < -0.39 is 0 Å². The molecule has 1 saturated heterocycles. The van der Waals surface area contributed by atoms with Crippen LogP contribution in [0.5, 0.6) is 11.5 Å². The number of phenols is 1. The van der Waals surface area contributed by atoms with Crippen molar-refractivity contribution < 1.29 is 14.6 Å². The van der Waals surface area contributed by atoms with Gasteiger partial charge in [0, 0.05) is 45.3 Å². The second-order valence-electron chi connectivity index (χ2n) is 6.09. The van der Waals surface area contributed by atoms with Crippen LogP contribution >= 0.6 is 24.0 Å². The van der Waals surface area contributed by atoms with Crippen molar-refractivity contribution in [2.24, 2.45) is 10.9 Å². The van der Waals surface area contributed by atoms with E-state index in [1.165, 1.54) is 0 Å². The van der Waals surface area contributed by atoms with Gasteiger partial charge in [0.15, 0.2) is 5.96 Å². The molecule has 2 rings (SSSR count). The molecule has 142 valence electrons. The molecule has 0 aliphatic carbocycles. The molecule has 2 N–H and O–H groups in total. The molecular weight excluding hydrogens is 433 g/mol. The van der Waals surface area contributed by atoms with Crippen LogP contribution in [-0.2, 0) is 11.2 Å². The fourth-order valence-electron chi connectivity index (χ4n) is 2.84. The summed E-state index contributed by atoms with van der Waals surface area (Å²) in [6, 6.07) is 5.38. The van der Waals surface area contributed by atoms with E-state index in [0.29, 0.717) is 24.6 Å². The number of halogens is 1. The van der Waals surface area contributed by atoms with Crippen LogP contribution in [0.15, 0.2) is 23.2 Å². The van der Waals surface area contributed by atoms with E-state index >= 15 is 0 Å². The van der Waals surface area contributed by atoms with E-state index in [0.717, 1.165) is 44.2 Å². The van der Waals surface area contributed by atoms with Crippen molar-refractivity contribution in [2.75, 3.05) is 47.0 Å². The minimum absolute atomic E-state index is 0. The molecule has 0 saturated carbocycles. The summed E-state index contributed by atoms with van der Waals surface area (Å²) < 4.78 is 10.5. The van der Waals surface area contributed by atoms with Crippen LogP contribution in [0.2, 0.25) is 0 Å². The van der Waals surface area contributed by atoms with Gasteiger partial charge in [0.1, 0.15) is 11.5 Å². The number of nitrogens with one attached hydrogen (secondary N) is 1. The summed E-state index contributed by atoms with van der Waals surface area (Å²) in [7, 11) is 3.65. The summed E-state index contributed by atoms with van der Waals surface area (Å²) in [5, 5.41) is 13.3. The molecule has 1 aromatic carbocycles. The lowest BCUT2D eigenvalue weighted by Gasteiger charge is -2.24. The maximum Gasteiger partial charge on any atom is 0.193 e. The molecule has 25 heavy (non-hydrogen) atoms. The van der Waals surface area contributed by atoms with Gasteiger partial charge in [-0.05, 0) is 31.4 Å². The molecule has 1 aromatic rings. The third kappa shape index (κ3) is 6.89. The van der Waals surface area contributed by atoms with Crippen molar-refractivity contribution in [1.82, 2.24) is 10.2 Å². The van der Waals surface area contributed by atoms with Gasteiger partial charge >= 0.3 is 0 Å². The van der Waals surface area contributed by atoms with Gasteiger partial charge in [-0.3, -0.25) is 4.99 Å². The normalized spacial score (nSPS) is 17.1. The first-order valence-corrected chi connectivity index (χ1v) is 8.57. The number of rotatable bonds is 7. The Morgan fingerprint density at radius 2 is 2.28 bits per heavy atom. The molecule has 1 atom stereocenters. The zero-order valence-corrected chi connectivity index (χ0v) is 17.7. The number of aliphatic imine (C=N–C) groups is 1. The van der Waals surface area contributed by atoms with E-state index in [4.69, 9.17) is 9.47 Å². The first kappa shape index (κ1) is 21.8. The summed E-state index contributed by atoms with van der Waals surface area (Å²) in [5.74, 6) is 2.39. The quantitative estimate of drug-likeness (QED) is 0.370. The zero-order valence-electron chi connectivity index (χ0n) is 15.3. The Balaban J connectivity index is 0.00000312. The lowest BCUT2D eigenvalue weighted by molar-refractivity contribution is 0.181. The third-order valence-corrected chi connectivity index (χ3v) is 4.19. The summed E-state index contributed by atoms with van der Waals surface area (Å²) in [6.07, 6.45) is 1.80. The molecule has 0 spiro atoms. The number of benzene rings is 1. The van der Waals surface area contributed by atoms with Gasteiger partial charge in [0.2, 0.25) is 0 Å². The Morgan fingerprint density at radius 1 is 1.48 bits per heavy atom. The molecule has 0 radical (unpaired) electrons. The second-order valence-corrected chi connectivity index (χ2v) is 6.09. The van der Waals surface area contributed by atoms with Crippen LogP contribution in [0, 0.1) is 5.92 Å². The van der Waals surface area contributed by atoms with Gasteiger partial charge in [-0.15, -0.1) is 24.0 Å². The molecule has 1 unspecified atom stereocenters. The van der Waals surface area contributed by atoms with Crippen LogP contribution in [0.1, 0.15) is 18.9 Å². The highest BCUT2D eigenvalue weighted by Gasteiger charge is 2.19. The van der Waals surface area contributed by atoms with E-state index in [9.17, 15) is 5.11 Å². The highest BCUT2D eigenvalue weighted by Crippen LogP contribution is 2.23. The highest BCUT2D eigenvalue weighted by molar-refractivity contribution is 14.0. The Hall–Kier alpha value is -1.22. The molecular formula is C18H30IN3O3. The maximum atomic E-state index is 10.0. The summed E-state index contributed by atoms with van der Waals surface area (Å²) in [6.45, 7) is 6.16. The number of hydrogen-bond acceptors (Lipinski definition) is 4. The number of nitrogens with zero attached hydrogens (tertiary/aromatic N) is 2. The number of aromatic hydroxyl groups is 1. The smallest absolute Gasteiger partial charge is 0.193 e. The number of hydrogen-bond donors (Lipinski definition) is 2. The van der Waals surface area contributed by atoms with Crippen LogP contribution < -0.4 is 10.1 Å². The van der Waals surface area contributed by atoms with Gasteiger partial charge in [-0.2, -0.15) is 0 Å². The predicted molar refractivity (Wildman–Crippen MR) is 111 cm³/mol. The SMILES string of the molecule is CCNC(=NCCc1ccc(OC)cc1O)N(C)CC1CCOC1.I. The Morgan fingerprint density at radius 3 is 2.88 bits per heavy atom. The maximum absolute atomic E-state index is 10.0. The van der Waals surface area contributed by atoms with Crippen LogP contribution in [0.25, 0.3) is 0 Å². The molecule has 7 heteroatoms. The monoisotopic (exact) mass is 463 g/mol. The summed E-state index contributed by atoms with van der Waals surface area (Å²) in [5.41, 5.74) is 0.877. The number of guanidine groups is 1. The number of methoxy groups -OCH3 is 1. The largest absolute Gasteiger partial charge is 0.508 e. The minimum Gasteiger partial charge on any atom is -0.508 e. The molecule has 6 nitrogen and oxygen atoms in total. The zero-order chi connectivity index (χ0) is 17.4. The lowest BCUT2D eigenvalue weighted by Crippen LogP contribution is -2.41. The van der Waals surface area contributed by atoms with Gasteiger partial charge in [0.25, 0.3) is 0 Å². The molecule has 0 bridgehead atoms. The van der Waals surface area contributed by atoms with Gasteiger partial charge in [-0.25, -0.2) is 0 Å². The first-order valence-electron chi connectivity index (χ1n) is 8.57. The van der Waals surface area contributed by atoms with E-state index in [1.54, 1.807) is 13.2 Å². The Bertz CT molecular complexity index is 548. The minimum atomic E-state index is 0. The van der Waals surface area contributed by atoms with Crippen molar-refractivity contribution in [3.8, 4) is 11.5 Å². The molecule has 1 aliphatic rings. The van der Waals surface area contributed by atoms with Crippen LogP contribution in [0.4, 0.5) is 0 Å². The average molecular weight is 463 g/mol. The fourth-order valence-corrected chi connectivity index (χ4v) is 2.84. The standard InChI is InChI=1S/C18H29N3O3.HI/c1-4-19-18(21(2)12-14-8-10-24-13-14)20-9-7-15-5-6-16(23-3)11-17(15)22;/h5-6,11,14,22H,4,7-10,12-13H2,1-3H3,(H,19,20);1H. The van der Waals surface area contributed by atoms with Gasteiger partial charge in [0.05, 0.1) is 13.7 Å². The second kappa shape index (κ2) is 11.4. The van der Waals surface area contributed by atoms with Gasteiger partial charge in [-0.1, -0.05) is 6.07 Å². The van der Waals surface area contributed by atoms with Crippen LogP contribution in [-0.4, -0.2) is 63.0 Å². The fraction of sp³-hybridized carbons (Fsp3) is 0.611. The van der Waals surface area contributed by atoms with E-state index in [2.05, 4.69) is 29.2 Å². The molecule has 0 aromatic heterocycles. The molecule has 0 amide bonds. The van der Waals surface area contributed by atoms with E-state index in [1.807, 2.05) is 12.1 Å². The summed E-state index contributed by atoms with van der Waals surface area (Å²) in [4.78, 5) is 6.85. The van der Waals surface area contributed by atoms with Crippen molar-refractivity contribution >= 4 is 29.9 Å². The third-order valence-electron chi connectivity index (χ3n) is 4.19. The summed E-state index contributed by atoms with van der Waals surface area (Å²) >= 11 is 0. The number of ether oxygens (including phenoxy) is 2. The lowest BCUT2D eigenvalue weighted by atomic mass is 10.1. The van der Waals surface area contributed by atoms with E-state index in [-0.39, 0.29) is 29.7 Å². The average Bonchev–Trinajstić information content (AvgIpc) is 3.08. The molecule has 1 fully saturated rings. The Labute approximate surface area is 167 Å². The van der Waals surface area contributed by atoms with Crippen molar-refractivity contribution in [2.45, 2.75) is 19.8 Å². The predicted octanol–water partition coefficient (Wildman–Crippen LogP) is 2.50. The van der Waals surface area contributed by atoms with Crippen molar-refractivity contribution in [1.29, 1.82) is 0 Å². The Kier molecular flexibility index (Phi) is 9.96.